The van der Waals surface area contributed by atoms with Gasteiger partial charge in [-0.05, 0) is 51.3 Å². The van der Waals surface area contributed by atoms with Gasteiger partial charge in [-0.2, -0.15) is 5.26 Å². The second-order valence-electron chi connectivity index (χ2n) is 7.62. The summed E-state index contributed by atoms with van der Waals surface area (Å²) in [5.74, 6) is 7.89. The Morgan fingerprint density at radius 2 is 2.08 bits per heavy atom. The molecule has 0 radical (unpaired) electrons. The Balaban J connectivity index is 1.91. The Kier molecular flexibility index (Phi) is 4.78. The molecule has 2 atom stereocenters. The minimum Gasteiger partial charge on any atom is -0.508 e. The van der Waals surface area contributed by atoms with Gasteiger partial charge >= 0.3 is 0 Å². The minimum atomic E-state index is -0.252. The first-order valence-corrected chi connectivity index (χ1v) is 8.95. The Bertz CT molecular complexity index is 802. The molecule has 0 aromatic heterocycles. The van der Waals surface area contributed by atoms with Crippen LogP contribution in [0.1, 0.15) is 63.5 Å². The van der Waals surface area contributed by atoms with Gasteiger partial charge in [0.2, 0.25) is 0 Å². The maximum Gasteiger partial charge on any atom is 0.127 e. The fourth-order valence-electron chi connectivity index (χ4n) is 4.09. The Morgan fingerprint density at radius 3 is 2.84 bits per heavy atom. The quantitative estimate of drug-likeness (QED) is 0.477. The highest BCUT2D eigenvalue weighted by Crippen LogP contribution is 2.54. The molecule has 1 aromatic rings. The highest BCUT2D eigenvalue weighted by atomic mass is 16.5. The van der Waals surface area contributed by atoms with E-state index in [0.29, 0.717) is 36.8 Å². The highest BCUT2D eigenvalue weighted by molar-refractivity contribution is 5.53. The Labute approximate surface area is 150 Å². The molecule has 0 saturated carbocycles. The van der Waals surface area contributed by atoms with Gasteiger partial charge in [-0.15, -0.1) is 5.92 Å². The first kappa shape index (κ1) is 17.4. The van der Waals surface area contributed by atoms with Gasteiger partial charge in [0.05, 0.1) is 6.07 Å². The number of phenolic OH excluding ortho intramolecular Hbond substituents is 1. The predicted molar refractivity (Wildman–Crippen MR) is 98.4 cm³/mol. The molecule has 0 unspecified atom stereocenters. The number of hydrogen-bond acceptors (Lipinski definition) is 3. The van der Waals surface area contributed by atoms with E-state index in [1.807, 2.05) is 12.1 Å². The monoisotopic (exact) mass is 335 g/mol. The second kappa shape index (κ2) is 6.85. The number of fused-ring (bicyclic) bond motifs is 3. The number of ether oxygens (including phenoxy) is 1. The summed E-state index contributed by atoms with van der Waals surface area (Å²) in [4.78, 5) is 0. The molecule has 3 nitrogen and oxygen atoms in total. The van der Waals surface area contributed by atoms with Crippen molar-refractivity contribution in [2.45, 2.75) is 64.4 Å². The Hall–Kier alpha value is -2.39. The summed E-state index contributed by atoms with van der Waals surface area (Å²) in [6.45, 7) is 6.46. The van der Waals surface area contributed by atoms with Gasteiger partial charge in [0, 0.05) is 36.7 Å². The number of hydrogen-bond donors (Lipinski definition) is 1. The maximum absolute atomic E-state index is 10.7. The molecule has 3 heteroatoms. The molecule has 25 heavy (non-hydrogen) atoms. The lowest BCUT2D eigenvalue weighted by Crippen LogP contribution is -2.45. The summed E-state index contributed by atoms with van der Waals surface area (Å²) in [5.41, 5.74) is 3.05. The zero-order valence-corrected chi connectivity index (χ0v) is 15.2. The van der Waals surface area contributed by atoms with Crippen LogP contribution < -0.4 is 4.74 Å². The van der Waals surface area contributed by atoms with Crippen molar-refractivity contribution in [1.29, 1.82) is 5.26 Å². The largest absolute Gasteiger partial charge is 0.508 e. The van der Waals surface area contributed by atoms with E-state index >= 15 is 0 Å². The lowest BCUT2D eigenvalue weighted by molar-refractivity contribution is 0.00754. The van der Waals surface area contributed by atoms with Crippen molar-refractivity contribution in [1.82, 2.24) is 0 Å². The standard InChI is InChI=1S/C22H25NO2/c1-15-9-10-18-17(12-15)21-19(24)13-16(8-6-4-5-7-11-23)14-20(21)25-22(18,2)3/h9,13-14,17-18,24H,5,7-8,10,12H2,1-3H3/t17-,18-/m1/s1. The molecule has 1 aliphatic heterocycles. The average Bonchev–Trinajstić information content (AvgIpc) is 2.53. The van der Waals surface area contributed by atoms with Crippen LogP contribution in [0.25, 0.3) is 0 Å². The molecule has 1 aromatic carbocycles. The number of allylic oxidation sites excluding steroid dienone is 2. The fourth-order valence-corrected chi connectivity index (χ4v) is 4.09. The van der Waals surface area contributed by atoms with Crippen LogP contribution >= 0.6 is 0 Å². The number of nitrogens with zero attached hydrogens (tertiary/aromatic N) is 1. The highest BCUT2D eigenvalue weighted by Gasteiger charge is 2.45. The average molecular weight is 335 g/mol. The van der Waals surface area contributed by atoms with Crippen LogP contribution in [0.3, 0.4) is 0 Å². The summed E-state index contributed by atoms with van der Waals surface area (Å²) in [6, 6.07) is 5.94. The smallest absolute Gasteiger partial charge is 0.127 e. The van der Waals surface area contributed by atoms with Gasteiger partial charge < -0.3 is 9.84 Å². The van der Waals surface area contributed by atoms with Crippen LogP contribution in [0.5, 0.6) is 11.5 Å². The molecule has 130 valence electrons. The lowest BCUT2D eigenvalue weighted by atomic mass is 9.67. The van der Waals surface area contributed by atoms with Gasteiger partial charge in [-0.3, -0.25) is 0 Å². The van der Waals surface area contributed by atoms with E-state index in [-0.39, 0.29) is 5.60 Å². The van der Waals surface area contributed by atoms with Crippen molar-refractivity contribution in [2.75, 3.05) is 0 Å². The second-order valence-corrected chi connectivity index (χ2v) is 7.62. The van der Waals surface area contributed by atoms with Gasteiger partial charge in [0.15, 0.2) is 0 Å². The number of unbranched alkanes of at least 4 members (excludes halogenated alkanes) is 1. The topological polar surface area (TPSA) is 53.2 Å². The molecular formula is C22H25NO2. The van der Waals surface area contributed by atoms with E-state index in [0.717, 1.165) is 29.7 Å². The first-order chi connectivity index (χ1) is 11.9. The lowest BCUT2D eigenvalue weighted by Gasteiger charge is -2.47. The van der Waals surface area contributed by atoms with Crippen molar-refractivity contribution in [2.24, 2.45) is 5.92 Å². The van der Waals surface area contributed by atoms with E-state index in [1.54, 1.807) is 0 Å². The van der Waals surface area contributed by atoms with Gasteiger partial charge in [-0.1, -0.05) is 17.6 Å². The fraction of sp³-hybridized carbons (Fsp3) is 0.500. The minimum absolute atomic E-state index is 0.252. The molecule has 0 amide bonds. The van der Waals surface area contributed by atoms with E-state index in [2.05, 4.69) is 44.8 Å². The van der Waals surface area contributed by atoms with E-state index in [9.17, 15) is 5.11 Å². The first-order valence-electron chi connectivity index (χ1n) is 8.95. The number of aromatic hydroxyl groups is 1. The van der Waals surface area contributed by atoms with Crippen molar-refractivity contribution in [3.05, 3.63) is 34.9 Å². The van der Waals surface area contributed by atoms with E-state index in [4.69, 9.17) is 10.00 Å². The summed E-state index contributed by atoms with van der Waals surface area (Å²) >= 11 is 0. The number of nitriles is 1. The Morgan fingerprint density at radius 1 is 1.28 bits per heavy atom. The zero-order chi connectivity index (χ0) is 18.0. The van der Waals surface area contributed by atoms with Crippen LogP contribution in [0.4, 0.5) is 0 Å². The third-order valence-electron chi connectivity index (χ3n) is 5.34. The van der Waals surface area contributed by atoms with Crippen LogP contribution in [0.15, 0.2) is 23.8 Å². The predicted octanol–water partition coefficient (Wildman–Crippen LogP) is 4.85. The van der Waals surface area contributed by atoms with E-state index in [1.165, 1.54) is 5.57 Å². The summed E-state index contributed by atoms with van der Waals surface area (Å²) in [6.07, 6.45) is 5.88. The third kappa shape index (κ3) is 3.52. The molecule has 0 spiro atoms. The summed E-state index contributed by atoms with van der Waals surface area (Å²) in [7, 11) is 0. The third-order valence-corrected chi connectivity index (χ3v) is 5.34. The van der Waals surface area contributed by atoms with Crippen molar-refractivity contribution >= 4 is 0 Å². The van der Waals surface area contributed by atoms with Crippen molar-refractivity contribution < 1.29 is 9.84 Å². The maximum atomic E-state index is 10.7. The van der Waals surface area contributed by atoms with Crippen molar-refractivity contribution in [3.63, 3.8) is 0 Å². The molecule has 1 N–H and O–H groups in total. The summed E-state index contributed by atoms with van der Waals surface area (Å²) < 4.78 is 6.31. The molecule has 3 rings (SSSR count). The number of rotatable bonds is 2. The molecule has 1 aliphatic carbocycles. The van der Waals surface area contributed by atoms with Gasteiger partial charge in [0.1, 0.15) is 17.1 Å². The molecule has 1 heterocycles. The van der Waals surface area contributed by atoms with Crippen LogP contribution in [-0.4, -0.2) is 10.7 Å². The molecule has 0 fully saturated rings. The zero-order valence-electron chi connectivity index (χ0n) is 15.2. The molecule has 2 aliphatic rings. The van der Waals surface area contributed by atoms with Gasteiger partial charge in [0.25, 0.3) is 0 Å². The molecule has 0 saturated heterocycles. The van der Waals surface area contributed by atoms with Gasteiger partial charge in [-0.25, -0.2) is 0 Å². The number of benzene rings is 1. The summed E-state index contributed by atoms with van der Waals surface area (Å²) in [5, 5.41) is 19.2. The van der Waals surface area contributed by atoms with Crippen molar-refractivity contribution in [3.8, 4) is 29.4 Å². The number of phenols is 1. The molecule has 0 bridgehead atoms. The SMILES string of the molecule is CC1=CC[C@@H]2[C@@H](C1)c1c(O)cc(CC#CCCC#N)cc1OC2(C)C. The van der Waals surface area contributed by atoms with E-state index < -0.39 is 0 Å². The van der Waals surface area contributed by atoms with Crippen LogP contribution in [-0.2, 0) is 6.42 Å². The van der Waals surface area contributed by atoms with Crippen LogP contribution in [0.2, 0.25) is 0 Å². The molecular weight excluding hydrogens is 310 g/mol. The van der Waals surface area contributed by atoms with Crippen LogP contribution in [0, 0.1) is 29.1 Å². The normalized spacial score (nSPS) is 23.0.